The van der Waals surface area contributed by atoms with Crippen molar-refractivity contribution in [2.24, 2.45) is 0 Å². The zero-order valence-corrected chi connectivity index (χ0v) is 13.4. The summed E-state index contributed by atoms with van der Waals surface area (Å²) in [6, 6.07) is 7.27. The van der Waals surface area contributed by atoms with Gasteiger partial charge in [-0.1, -0.05) is 12.1 Å². The van der Waals surface area contributed by atoms with Gasteiger partial charge in [0, 0.05) is 31.5 Å². The Labute approximate surface area is 131 Å². The first kappa shape index (κ1) is 15.1. The lowest BCUT2D eigenvalue weighted by molar-refractivity contribution is -0.00517. The number of hydrogen-bond acceptors (Lipinski definition) is 4. The summed E-state index contributed by atoms with van der Waals surface area (Å²) in [6.07, 6.45) is 2.36. The summed E-state index contributed by atoms with van der Waals surface area (Å²) in [4.78, 5) is 15.1. The molecular weight excluding hydrogens is 278 g/mol. The van der Waals surface area contributed by atoms with Crippen LogP contribution in [-0.4, -0.2) is 40.0 Å². The summed E-state index contributed by atoms with van der Waals surface area (Å²) >= 11 is 0. The van der Waals surface area contributed by atoms with Crippen LogP contribution in [-0.2, 0) is 0 Å². The van der Waals surface area contributed by atoms with Gasteiger partial charge in [-0.05, 0) is 32.9 Å². The van der Waals surface area contributed by atoms with Crippen LogP contribution in [0.1, 0.15) is 44.0 Å². The van der Waals surface area contributed by atoms with Crippen LogP contribution in [0.4, 0.5) is 0 Å². The quantitative estimate of drug-likeness (QED) is 0.590. The number of ether oxygens (including phenoxy) is 1. The number of nitrogens with zero attached hydrogens (tertiary/aromatic N) is 1. The molecule has 118 valence electrons. The van der Waals surface area contributed by atoms with E-state index in [1.165, 1.54) is 0 Å². The van der Waals surface area contributed by atoms with E-state index in [1.54, 1.807) is 6.07 Å². The second-order valence-corrected chi connectivity index (χ2v) is 7.12. The smallest absolute Gasteiger partial charge is 0.199 e. The molecule has 1 aromatic carbocycles. The highest BCUT2D eigenvalue weighted by molar-refractivity contribution is 6.12. The SMILES string of the molecule is CC(C)(C)N1CCC2(CC1)Oc1ccccc1C(=O)C2=CO. The third-order valence-corrected chi connectivity index (χ3v) is 4.82. The molecule has 4 heteroatoms. The van der Waals surface area contributed by atoms with Crippen LogP contribution in [0.15, 0.2) is 36.1 Å². The van der Waals surface area contributed by atoms with Gasteiger partial charge in [0.1, 0.15) is 11.4 Å². The third-order valence-electron chi connectivity index (χ3n) is 4.82. The van der Waals surface area contributed by atoms with Crippen LogP contribution in [0.2, 0.25) is 0 Å². The summed E-state index contributed by atoms with van der Waals surface area (Å²) in [5, 5.41) is 9.65. The van der Waals surface area contributed by atoms with Crippen molar-refractivity contribution >= 4 is 5.78 Å². The molecule has 1 saturated heterocycles. The van der Waals surface area contributed by atoms with E-state index in [2.05, 4.69) is 25.7 Å². The molecule has 0 amide bonds. The first-order chi connectivity index (χ1) is 10.4. The van der Waals surface area contributed by atoms with Crippen LogP contribution < -0.4 is 4.74 Å². The maximum absolute atomic E-state index is 12.7. The molecule has 1 fully saturated rings. The van der Waals surface area contributed by atoms with Crippen LogP contribution >= 0.6 is 0 Å². The Bertz CT molecular complexity index is 619. The number of ketones is 1. The lowest BCUT2D eigenvalue weighted by Crippen LogP contribution is -2.56. The van der Waals surface area contributed by atoms with Gasteiger partial charge < -0.3 is 9.84 Å². The fraction of sp³-hybridized carbons (Fsp3) is 0.500. The molecule has 2 aliphatic heterocycles. The number of likely N-dealkylation sites (tertiary alicyclic amines) is 1. The number of piperidine rings is 1. The summed E-state index contributed by atoms with van der Waals surface area (Å²) < 4.78 is 6.22. The number of benzene rings is 1. The van der Waals surface area contributed by atoms with Gasteiger partial charge in [0.2, 0.25) is 0 Å². The summed E-state index contributed by atoms with van der Waals surface area (Å²) in [7, 11) is 0. The summed E-state index contributed by atoms with van der Waals surface area (Å²) in [5.74, 6) is 0.510. The largest absolute Gasteiger partial charge is 0.515 e. The predicted octanol–water partition coefficient (Wildman–Crippen LogP) is 3.34. The number of aliphatic hydroxyl groups excluding tert-OH is 1. The first-order valence-electron chi connectivity index (χ1n) is 7.80. The van der Waals surface area contributed by atoms with Gasteiger partial charge in [0.25, 0.3) is 0 Å². The Hall–Kier alpha value is -1.81. The molecule has 1 spiro atoms. The first-order valence-corrected chi connectivity index (χ1v) is 7.80. The number of carbonyl (C=O) groups is 1. The highest BCUT2D eigenvalue weighted by Crippen LogP contribution is 2.43. The van der Waals surface area contributed by atoms with Crippen molar-refractivity contribution in [2.75, 3.05) is 13.1 Å². The van der Waals surface area contributed by atoms with Crippen molar-refractivity contribution in [3.63, 3.8) is 0 Å². The Balaban J connectivity index is 1.93. The van der Waals surface area contributed by atoms with E-state index < -0.39 is 5.60 Å². The van der Waals surface area contributed by atoms with Gasteiger partial charge in [-0.2, -0.15) is 0 Å². The molecule has 3 rings (SSSR count). The number of Topliss-reactive ketones (excluding diaryl/α,β-unsaturated/α-hetero) is 1. The predicted molar refractivity (Wildman–Crippen MR) is 85.4 cm³/mol. The molecule has 22 heavy (non-hydrogen) atoms. The van der Waals surface area contributed by atoms with Crippen molar-refractivity contribution in [1.82, 2.24) is 4.90 Å². The topological polar surface area (TPSA) is 49.8 Å². The van der Waals surface area contributed by atoms with Crippen molar-refractivity contribution < 1.29 is 14.6 Å². The summed E-state index contributed by atoms with van der Waals surface area (Å²) in [6.45, 7) is 8.26. The van der Waals surface area contributed by atoms with E-state index in [9.17, 15) is 9.90 Å². The number of aliphatic hydroxyl groups is 1. The normalized spacial score (nSPS) is 23.4. The monoisotopic (exact) mass is 301 g/mol. The fourth-order valence-electron chi connectivity index (χ4n) is 3.45. The average molecular weight is 301 g/mol. The molecule has 0 atom stereocenters. The minimum absolute atomic E-state index is 0.0985. The number of rotatable bonds is 0. The van der Waals surface area contributed by atoms with Gasteiger partial charge in [0.05, 0.1) is 17.4 Å². The summed E-state index contributed by atoms with van der Waals surface area (Å²) in [5.41, 5.74) is 0.329. The van der Waals surface area contributed by atoms with Crippen molar-refractivity contribution in [3.8, 4) is 5.75 Å². The molecule has 2 heterocycles. The molecule has 0 aliphatic carbocycles. The maximum Gasteiger partial charge on any atom is 0.199 e. The van der Waals surface area contributed by atoms with Gasteiger partial charge >= 0.3 is 0 Å². The number of fused-ring (bicyclic) bond motifs is 1. The minimum Gasteiger partial charge on any atom is -0.515 e. The van der Waals surface area contributed by atoms with Gasteiger partial charge in [-0.15, -0.1) is 0 Å². The van der Waals surface area contributed by atoms with E-state index in [0.29, 0.717) is 29.7 Å². The van der Waals surface area contributed by atoms with Crippen LogP contribution in [0.3, 0.4) is 0 Å². The van der Waals surface area contributed by atoms with Gasteiger partial charge in [0.15, 0.2) is 5.78 Å². The van der Waals surface area contributed by atoms with Crippen LogP contribution in [0, 0.1) is 0 Å². The zero-order valence-electron chi connectivity index (χ0n) is 13.4. The van der Waals surface area contributed by atoms with Crippen LogP contribution in [0.5, 0.6) is 5.75 Å². The second kappa shape index (κ2) is 5.13. The lowest BCUT2D eigenvalue weighted by Gasteiger charge is -2.48. The molecule has 0 bridgehead atoms. The number of hydrogen-bond donors (Lipinski definition) is 1. The van der Waals surface area contributed by atoms with Gasteiger partial charge in [-0.25, -0.2) is 0 Å². The molecule has 0 radical (unpaired) electrons. The number of carbonyl (C=O) groups excluding carboxylic acids is 1. The fourth-order valence-corrected chi connectivity index (χ4v) is 3.45. The maximum atomic E-state index is 12.7. The molecule has 1 N–H and O–H groups in total. The Morgan fingerprint density at radius 1 is 1.23 bits per heavy atom. The Morgan fingerprint density at radius 3 is 2.45 bits per heavy atom. The van der Waals surface area contributed by atoms with Crippen molar-refractivity contribution in [2.45, 2.75) is 44.8 Å². The molecule has 4 nitrogen and oxygen atoms in total. The van der Waals surface area contributed by atoms with Gasteiger partial charge in [-0.3, -0.25) is 9.69 Å². The lowest BCUT2D eigenvalue weighted by atomic mass is 9.78. The molecule has 0 unspecified atom stereocenters. The standard InChI is InChI=1S/C18H23NO3/c1-17(2,3)19-10-8-18(9-11-19)14(12-20)16(21)13-6-4-5-7-15(13)22-18/h4-7,12,20H,8-11H2,1-3H3. The van der Waals surface area contributed by atoms with Crippen molar-refractivity contribution in [1.29, 1.82) is 0 Å². The molecule has 0 aromatic heterocycles. The van der Waals surface area contributed by atoms with E-state index in [4.69, 9.17) is 4.74 Å². The molecule has 0 saturated carbocycles. The molecular formula is C18H23NO3. The highest BCUT2D eigenvalue weighted by Gasteiger charge is 2.48. The Morgan fingerprint density at radius 2 is 1.86 bits per heavy atom. The average Bonchev–Trinajstić information content (AvgIpc) is 2.47. The van der Waals surface area contributed by atoms with E-state index in [-0.39, 0.29) is 11.3 Å². The van der Waals surface area contributed by atoms with E-state index >= 15 is 0 Å². The van der Waals surface area contributed by atoms with Crippen LogP contribution in [0.25, 0.3) is 0 Å². The third kappa shape index (κ3) is 2.31. The van der Waals surface area contributed by atoms with E-state index in [1.807, 2.05) is 18.2 Å². The Kier molecular flexibility index (Phi) is 3.52. The molecule has 2 aliphatic rings. The molecule has 1 aromatic rings. The van der Waals surface area contributed by atoms with Crippen molar-refractivity contribution in [3.05, 3.63) is 41.7 Å². The minimum atomic E-state index is -0.693. The van der Waals surface area contributed by atoms with E-state index in [0.717, 1.165) is 19.4 Å². The highest BCUT2D eigenvalue weighted by atomic mass is 16.5. The second-order valence-electron chi connectivity index (χ2n) is 7.12. The number of para-hydroxylation sites is 1. The zero-order chi connectivity index (χ0) is 16.0.